The van der Waals surface area contributed by atoms with Gasteiger partial charge >= 0.3 is 0 Å². The Morgan fingerprint density at radius 2 is 2.10 bits per heavy atom. The van der Waals surface area contributed by atoms with E-state index in [-0.39, 0.29) is 0 Å². The van der Waals surface area contributed by atoms with Crippen LogP contribution >= 0.6 is 11.6 Å². The minimum Gasteiger partial charge on any atom is -0.618 e. The highest BCUT2D eigenvalue weighted by Crippen LogP contribution is 2.12. The van der Waals surface area contributed by atoms with E-state index < -0.39 is 0 Å². The van der Waals surface area contributed by atoms with Gasteiger partial charge in [0.15, 0.2) is 11.9 Å². The van der Waals surface area contributed by atoms with Crippen LogP contribution in [0.3, 0.4) is 0 Å². The molecule has 0 saturated heterocycles. The normalized spacial score (nSPS) is 9.90. The van der Waals surface area contributed by atoms with Crippen molar-refractivity contribution in [3.05, 3.63) is 33.8 Å². The molecule has 0 amide bonds. The third-order valence-corrected chi connectivity index (χ3v) is 1.78. The Balaban J connectivity index is 3.28. The van der Waals surface area contributed by atoms with E-state index >= 15 is 0 Å². The molecule has 2 nitrogen and oxygen atoms in total. The van der Waals surface area contributed by atoms with Gasteiger partial charge in [-0.1, -0.05) is 11.6 Å². The SMILES string of the molecule is Cc1c[n+]([O-])c(C)cc1Cl. The first kappa shape index (κ1) is 7.35. The zero-order chi connectivity index (χ0) is 7.72. The Morgan fingerprint density at radius 3 is 2.60 bits per heavy atom. The fraction of sp³-hybridized carbons (Fsp3) is 0.286. The number of hydrogen-bond donors (Lipinski definition) is 0. The van der Waals surface area contributed by atoms with E-state index in [0.717, 1.165) is 10.3 Å². The van der Waals surface area contributed by atoms with Gasteiger partial charge < -0.3 is 5.21 Å². The maximum Gasteiger partial charge on any atom is 0.191 e. The Labute approximate surface area is 64.6 Å². The van der Waals surface area contributed by atoms with Crippen LogP contribution in [-0.4, -0.2) is 0 Å². The van der Waals surface area contributed by atoms with E-state index in [1.54, 1.807) is 19.9 Å². The van der Waals surface area contributed by atoms with Gasteiger partial charge in [-0.25, -0.2) is 0 Å². The van der Waals surface area contributed by atoms with Crippen molar-refractivity contribution >= 4 is 11.6 Å². The van der Waals surface area contributed by atoms with Gasteiger partial charge in [-0.3, -0.25) is 0 Å². The van der Waals surface area contributed by atoms with Crippen LogP contribution in [-0.2, 0) is 0 Å². The van der Waals surface area contributed by atoms with Crippen LogP contribution in [0.1, 0.15) is 11.3 Å². The second-order valence-electron chi connectivity index (χ2n) is 2.27. The number of nitrogens with zero attached hydrogens (tertiary/aromatic N) is 1. The van der Waals surface area contributed by atoms with Gasteiger partial charge in [0, 0.05) is 18.6 Å². The van der Waals surface area contributed by atoms with E-state index in [1.165, 1.54) is 6.20 Å². The topological polar surface area (TPSA) is 26.9 Å². The van der Waals surface area contributed by atoms with Crippen molar-refractivity contribution in [3.63, 3.8) is 0 Å². The van der Waals surface area contributed by atoms with Gasteiger partial charge in [0.25, 0.3) is 0 Å². The minimum absolute atomic E-state index is 0.621. The molecular weight excluding hydrogens is 150 g/mol. The molecule has 0 unspecified atom stereocenters. The Kier molecular flexibility index (Phi) is 1.81. The lowest BCUT2D eigenvalue weighted by molar-refractivity contribution is -0.612. The maximum atomic E-state index is 10.9. The standard InChI is InChI=1S/C7H8ClNO/c1-5-4-9(10)6(2)3-7(5)8/h3-4H,1-2H3. The first-order chi connectivity index (χ1) is 4.61. The summed E-state index contributed by atoms with van der Waals surface area (Å²) in [6.45, 7) is 3.52. The summed E-state index contributed by atoms with van der Waals surface area (Å²) >= 11 is 5.73. The molecule has 1 aromatic heterocycles. The zero-order valence-electron chi connectivity index (χ0n) is 5.89. The van der Waals surface area contributed by atoms with Crippen LogP contribution in [0.25, 0.3) is 0 Å². The first-order valence-electron chi connectivity index (χ1n) is 2.97. The lowest BCUT2D eigenvalue weighted by Crippen LogP contribution is -2.29. The maximum absolute atomic E-state index is 10.9. The fourth-order valence-electron chi connectivity index (χ4n) is 0.700. The number of aromatic nitrogens is 1. The predicted molar refractivity (Wildman–Crippen MR) is 39.9 cm³/mol. The van der Waals surface area contributed by atoms with Gasteiger partial charge in [0.05, 0.1) is 5.02 Å². The van der Waals surface area contributed by atoms with E-state index in [2.05, 4.69) is 0 Å². The number of pyridine rings is 1. The van der Waals surface area contributed by atoms with E-state index in [1.807, 2.05) is 0 Å². The summed E-state index contributed by atoms with van der Waals surface area (Å²) in [7, 11) is 0. The number of halogens is 1. The Hall–Kier alpha value is -0.760. The number of aryl methyl sites for hydroxylation is 2. The fourth-order valence-corrected chi connectivity index (χ4v) is 0.907. The molecule has 0 aliphatic rings. The molecule has 0 atom stereocenters. The van der Waals surface area contributed by atoms with Gasteiger partial charge in [0.2, 0.25) is 0 Å². The quantitative estimate of drug-likeness (QED) is 0.415. The first-order valence-corrected chi connectivity index (χ1v) is 3.35. The number of rotatable bonds is 0. The van der Waals surface area contributed by atoms with E-state index in [4.69, 9.17) is 11.6 Å². The van der Waals surface area contributed by atoms with Crippen LogP contribution in [0, 0.1) is 19.1 Å². The minimum atomic E-state index is 0.621. The molecule has 0 radical (unpaired) electrons. The second-order valence-corrected chi connectivity index (χ2v) is 2.68. The molecular formula is C7H8ClNO. The highest BCUT2D eigenvalue weighted by atomic mass is 35.5. The highest BCUT2D eigenvalue weighted by Gasteiger charge is 2.02. The van der Waals surface area contributed by atoms with Crippen molar-refractivity contribution in [2.45, 2.75) is 13.8 Å². The summed E-state index contributed by atoms with van der Waals surface area (Å²) in [6.07, 6.45) is 1.47. The summed E-state index contributed by atoms with van der Waals surface area (Å²) in [5, 5.41) is 11.5. The van der Waals surface area contributed by atoms with Crippen LogP contribution < -0.4 is 4.73 Å². The van der Waals surface area contributed by atoms with Crippen LogP contribution in [0.4, 0.5) is 0 Å². The van der Waals surface area contributed by atoms with Gasteiger partial charge in [-0.05, 0) is 6.92 Å². The summed E-state index contributed by atoms with van der Waals surface area (Å²) in [4.78, 5) is 0. The Morgan fingerprint density at radius 1 is 1.50 bits per heavy atom. The van der Waals surface area contributed by atoms with Gasteiger partial charge in [-0.2, -0.15) is 4.73 Å². The summed E-state index contributed by atoms with van der Waals surface area (Å²) in [6, 6.07) is 1.66. The molecule has 0 spiro atoms. The molecule has 0 bridgehead atoms. The van der Waals surface area contributed by atoms with E-state index in [9.17, 15) is 5.21 Å². The van der Waals surface area contributed by atoms with Crippen molar-refractivity contribution in [3.8, 4) is 0 Å². The van der Waals surface area contributed by atoms with Crippen molar-refractivity contribution in [2.75, 3.05) is 0 Å². The van der Waals surface area contributed by atoms with Crippen molar-refractivity contribution in [1.82, 2.24) is 0 Å². The second kappa shape index (κ2) is 2.46. The molecule has 0 saturated carbocycles. The lowest BCUT2D eigenvalue weighted by Gasteiger charge is -2.01. The molecule has 1 heterocycles. The summed E-state index contributed by atoms with van der Waals surface area (Å²) < 4.78 is 0.807. The van der Waals surface area contributed by atoms with Crippen molar-refractivity contribution in [1.29, 1.82) is 0 Å². The smallest absolute Gasteiger partial charge is 0.191 e. The molecule has 0 N–H and O–H groups in total. The average Bonchev–Trinajstić information content (AvgIpc) is 1.84. The third kappa shape index (κ3) is 1.21. The molecule has 1 rings (SSSR count). The molecule has 0 aliphatic heterocycles. The Bertz CT molecular complexity index is 210. The number of hydrogen-bond acceptors (Lipinski definition) is 1. The molecule has 3 heteroatoms. The third-order valence-electron chi connectivity index (χ3n) is 1.37. The molecule has 1 aromatic rings. The van der Waals surface area contributed by atoms with Gasteiger partial charge in [0.1, 0.15) is 0 Å². The molecule has 10 heavy (non-hydrogen) atoms. The van der Waals surface area contributed by atoms with E-state index in [0.29, 0.717) is 10.7 Å². The molecule has 0 fully saturated rings. The van der Waals surface area contributed by atoms with Crippen LogP contribution in [0.5, 0.6) is 0 Å². The summed E-state index contributed by atoms with van der Waals surface area (Å²) in [5.41, 5.74) is 1.43. The predicted octanol–water partition coefficient (Wildman–Crippen LogP) is 1.59. The summed E-state index contributed by atoms with van der Waals surface area (Å²) in [5.74, 6) is 0. The average molecular weight is 158 g/mol. The van der Waals surface area contributed by atoms with Gasteiger partial charge in [-0.15, -0.1) is 0 Å². The highest BCUT2D eigenvalue weighted by molar-refractivity contribution is 6.31. The molecule has 54 valence electrons. The largest absolute Gasteiger partial charge is 0.618 e. The molecule has 0 aliphatic carbocycles. The molecule has 0 aromatic carbocycles. The van der Waals surface area contributed by atoms with Crippen molar-refractivity contribution < 1.29 is 4.73 Å². The van der Waals surface area contributed by atoms with Crippen molar-refractivity contribution in [2.24, 2.45) is 0 Å². The lowest BCUT2D eigenvalue weighted by atomic mass is 10.3. The van der Waals surface area contributed by atoms with Crippen LogP contribution in [0.2, 0.25) is 5.02 Å². The zero-order valence-corrected chi connectivity index (χ0v) is 6.64. The monoisotopic (exact) mass is 157 g/mol. The van der Waals surface area contributed by atoms with Crippen LogP contribution in [0.15, 0.2) is 12.3 Å².